The Balaban J connectivity index is 1.33. The summed E-state index contributed by atoms with van der Waals surface area (Å²) in [5.41, 5.74) is 0.437. The molecule has 0 spiro atoms. The molecule has 3 aliphatic heterocycles. The van der Waals surface area contributed by atoms with Gasteiger partial charge in [-0.2, -0.15) is 9.97 Å². The lowest BCUT2D eigenvalue weighted by Crippen LogP contribution is -2.63. The van der Waals surface area contributed by atoms with E-state index in [0.717, 1.165) is 25.8 Å². The van der Waals surface area contributed by atoms with Crippen LogP contribution in [0.3, 0.4) is 0 Å². The van der Waals surface area contributed by atoms with Crippen molar-refractivity contribution in [1.29, 1.82) is 0 Å². The van der Waals surface area contributed by atoms with Crippen molar-refractivity contribution in [3.63, 3.8) is 0 Å². The number of likely N-dealkylation sites (tertiary alicyclic amines) is 2. The molecule has 0 saturated carbocycles. The lowest BCUT2D eigenvalue weighted by molar-refractivity contribution is -0.127. The van der Waals surface area contributed by atoms with Gasteiger partial charge in [0.2, 0.25) is 5.91 Å². The molecule has 1 unspecified atom stereocenters. The first-order valence-corrected chi connectivity index (χ1v) is 14.5. The van der Waals surface area contributed by atoms with E-state index in [9.17, 15) is 9.18 Å². The summed E-state index contributed by atoms with van der Waals surface area (Å²) in [5.74, 6) is -0.840. The lowest BCUT2D eigenvalue weighted by atomic mass is 9.96. The van der Waals surface area contributed by atoms with Gasteiger partial charge in [-0.3, -0.25) is 9.78 Å². The number of fused-ring (bicyclic) bond motifs is 3. The summed E-state index contributed by atoms with van der Waals surface area (Å²) in [7, 11) is 2.06. The molecule has 3 saturated heterocycles. The molecule has 2 aromatic carbocycles. The Morgan fingerprint density at radius 3 is 2.81 bits per heavy atom. The maximum Gasteiger partial charge on any atom is 0.319 e. The van der Waals surface area contributed by atoms with Crippen molar-refractivity contribution < 1.29 is 18.3 Å². The number of halogens is 3. The topological polar surface area (TPSA) is 74.7 Å². The van der Waals surface area contributed by atoms with Gasteiger partial charge in [0.05, 0.1) is 22.5 Å². The zero-order valence-corrected chi connectivity index (χ0v) is 23.8. The number of hydrogen-bond donors (Lipinski definition) is 0. The number of anilines is 1. The summed E-state index contributed by atoms with van der Waals surface area (Å²) in [4.78, 5) is 32.3. The second kappa shape index (κ2) is 10.4. The van der Waals surface area contributed by atoms with Crippen LogP contribution in [0.4, 0.5) is 14.6 Å². The number of pyridine rings is 1. The van der Waals surface area contributed by atoms with Gasteiger partial charge >= 0.3 is 6.01 Å². The Kier molecular flexibility index (Phi) is 6.70. The summed E-state index contributed by atoms with van der Waals surface area (Å²) < 4.78 is 37.1. The number of carbonyl (C=O) groups is 1. The molecule has 1 amide bonds. The van der Waals surface area contributed by atoms with E-state index >= 15 is 4.39 Å². The average Bonchev–Trinajstić information content (AvgIpc) is 3.55. The molecule has 7 rings (SSSR count). The van der Waals surface area contributed by atoms with Gasteiger partial charge in [-0.15, -0.1) is 0 Å². The highest BCUT2D eigenvalue weighted by Gasteiger charge is 2.49. The minimum atomic E-state index is -0.668. The third-order valence-corrected chi connectivity index (χ3v) is 9.30. The van der Waals surface area contributed by atoms with Crippen molar-refractivity contribution in [2.24, 2.45) is 0 Å². The van der Waals surface area contributed by atoms with Crippen molar-refractivity contribution >= 4 is 45.0 Å². The van der Waals surface area contributed by atoms with Gasteiger partial charge in [0.1, 0.15) is 29.5 Å². The second-order valence-corrected chi connectivity index (χ2v) is 11.6. The molecule has 3 fully saturated rings. The van der Waals surface area contributed by atoms with Gasteiger partial charge in [-0.1, -0.05) is 42.4 Å². The van der Waals surface area contributed by atoms with E-state index < -0.39 is 11.6 Å². The smallest absolute Gasteiger partial charge is 0.319 e. The van der Waals surface area contributed by atoms with E-state index in [4.69, 9.17) is 21.3 Å². The summed E-state index contributed by atoms with van der Waals surface area (Å²) >= 11 is 6.37. The van der Waals surface area contributed by atoms with E-state index in [1.54, 1.807) is 30.5 Å². The lowest BCUT2D eigenvalue weighted by Gasteiger charge is -2.47. The van der Waals surface area contributed by atoms with Gasteiger partial charge in [0.15, 0.2) is 5.82 Å². The second-order valence-electron chi connectivity index (χ2n) is 11.2. The maximum atomic E-state index is 16.5. The van der Waals surface area contributed by atoms with Crippen LogP contribution in [0.2, 0.25) is 5.02 Å². The molecule has 0 bridgehead atoms. The largest absolute Gasteiger partial charge is 0.462 e. The van der Waals surface area contributed by atoms with E-state index in [-0.39, 0.29) is 46.3 Å². The normalized spacial score (nSPS) is 22.0. The van der Waals surface area contributed by atoms with Crippen LogP contribution in [0.5, 0.6) is 6.01 Å². The monoisotopic (exact) mass is 590 g/mol. The fraction of sp³-hybridized carbons (Fsp3) is 0.355. The minimum Gasteiger partial charge on any atom is -0.462 e. The van der Waals surface area contributed by atoms with E-state index in [1.807, 2.05) is 4.90 Å². The number of amides is 1. The van der Waals surface area contributed by atoms with E-state index in [2.05, 4.69) is 33.4 Å². The summed E-state index contributed by atoms with van der Waals surface area (Å²) in [5, 5.41) is 1.39. The fourth-order valence-corrected chi connectivity index (χ4v) is 6.89. The maximum absolute atomic E-state index is 16.5. The molecule has 3 atom stereocenters. The van der Waals surface area contributed by atoms with E-state index in [0.29, 0.717) is 47.2 Å². The first-order valence-electron chi connectivity index (χ1n) is 14.1. The standard InChI is InChI=1S/C31H29ClF2N6O2/c1-3-24(41)39-13-11-22-23(39)15-40(22)30-20-14-35-28(19-8-4-6-17-9-10-21(33)26(32)25(17)19)27(34)29(20)36-31(37-30)42-16-18-7-5-12-38(18)2/h3-4,6,8-10,14,18,22-23H,1,5,7,11-13,15-16H2,2H3/t18-,22+,23?/m0/s1. The van der Waals surface area contributed by atoms with Crippen LogP contribution in [0, 0.1) is 11.6 Å². The first-order chi connectivity index (χ1) is 20.4. The third kappa shape index (κ3) is 4.27. The molecular weight excluding hydrogens is 562 g/mol. The number of rotatable bonds is 6. The van der Waals surface area contributed by atoms with Crippen LogP contribution in [-0.2, 0) is 4.79 Å². The molecule has 5 heterocycles. The van der Waals surface area contributed by atoms with Crippen molar-refractivity contribution in [1.82, 2.24) is 24.8 Å². The summed E-state index contributed by atoms with van der Waals surface area (Å²) in [6.45, 7) is 6.16. The fourth-order valence-electron chi connectivity index (χ4n) is 6.61. The number of carbonyl (C=O) groups excluding carboxylic acids is 1. The number of ether oxygens (including phenoxy) is 1. The molecular formula is C31H29ClF2N6O2. The molecule has 2 aromatic heterocycles. The highest BCUT2D eigenvalue weighted by Crippen LogP contribution is 2.42. The van der Waals surface area contributed by atoms with Crippen LogP contribution in [0.25, 0.3) is 32.9 Å². The summed E-state index contributed by atoms with van der Waals surface area (Å²) in [6, 6.07) is 8.47. The minimum absolute atomic E-state index is 0.0110. The Labute approximate surface area is 246 Å². The molecule has 0 N–H and O–H groups in total. The molecule has 4 aromatic rings. The Morgan fingerprint density at radius 1 is 1.17 bits per heavy atom. The predicted molar refractivity (Wildman–Crippen MR) is 158 cm³/mol. The zero-order chi connectivity index (χ0) is 29.1. The number of aromatic nitrogens is 3. The Morgan fingerprint density at radius 2 is 2.02 bits per heavy atom. The highest BCUT2D eigenvalue weighted by atomic mass is 35.5. The quantitative estimate of drug-likeness (QED) is 0.285. The van der Waals surface area contributed by atoms with Crippen LogP contribution >= 0.6 is 11.6 Å². The van der Waals surface area contributed by atoms with Gasteiger partial charge in [-0.25, -0.2) is 8.78 Å². The molecule has 11 heteroatoms. The number of benzene rings is 2. The average molecular weight is 591 g/mol. The SMILES string of the molecule is C=CC(=O)N1CC[C@@H]2C1CN2c1nc(OC[C@@H]2CCCN2C)nc2c(F)c(-c3cccc4ccc(F)c(Cl)c34)ncc12. The molecule has 42 heavy (non-hydrogen) atoms. The Bertz CT molecular complexity index is 1750. The molecule has 0 aliphatic carbocycles. The predicted octanol–water partition coefficient (Wildman–Crippen LogP) is 5.23. The van der Waals surface area contributed by atoms with Crippen LogP contribution < -0.4 is 9.64 Å². The number of nitrogens with zero attached hydrogens (tertiary/aromatic N) is 6. The van der Waals surface area contributed by atoms with Crippen LogP contribution in [0.1, 0.15) is 19.3 Å². The van der Waals surface area contributed by atoms with Gasteiger partial charge in [0, 0.05) is 36.3 Å². The Hall–Kier alpha value is -3.89. The van der Waals surface area contributed by atoms with Gasteiger partial charge in [0.25, 0.3) is 0 Å². The molecule has 3 aliphatic rings. The summed E-state index contributed by atoms with van der Waals surface area (Å²) in [6.07, 6.45) is 5.73. The van der Waals surface area contributed by atoms with Crippen molar-refractivity contribution in [3.8, 4) is 17.3 Å². The van der Waals surface area contributed by atoms with E-state index in [1.165, 1.54) is 12.1 Å². The van der Waals surface area contributed by atoms with Crippen LogP contribution in [0.15, 0.2) is 49.2 Å². The van der Waals surface area contributed by atoms with Crippen LogP contribution in [-0.4, -0.2) is 82.1 Å². The molecule has 8 nitrogen and oxygen atoms in total. The number of hydrogen-bond acceptors (Lipinski definition) is 7. The van der Waals surface area contributed by atoms with Gasteiger partial charge in [-0.05, 0) is 50.4 Å². The highest BCUT2D eigenvalue weighted by molar-refractivity contribution is 6.36. The first kappa shape index (κ1) is 27.0. The number of likely N-dealkylation sites (N-methyl/N-ethyl adjacent to an activating group) is 1. The van der Waals surface area contributed by atoms with Crippen molar-refractivity contribution in [2.45, 2.75) is 37.4 Å². The molecule has 0 radical (unpaired) electrons. The third-order valence-electron chi connectivity index (χ3n) is 8.93. The van der Waals surface area contributed by atoms with Crippen molar-refractivity contribution in [2.75, 3.05) is 38.2 Å². The van der Waals surface area contributed by atoms with Gasteiger partial charge < -0.3 is 19.4 Å². The van der Waals surface area contributed by atoms with Crippen molar-refractivity contribution in [3.05, 3.63) is 65.8 Å². The zero-order valence-electron chi connectivity index (χ0n) is 23.1. The molecule has 216 valence electrons.